The van der Waals surface area contributed by atoms with Crippen LogP contribution in [0.5, 0.6) is 5.75 Å². The van der Waals surface area contributed by atoms with E-state index >= 15 is 0 Å². The molecular formula is C23H30N2O4S. The van der Waals surface area contributed by atoms with Gasteiger partial charge < -0.3 is 9.64 Å². The fourth-order valence-electron chi connectivity index (χ4n) is 3.94. The topological polar surface area (TPSA) is 75.7 Å². The Morgan fingerprint density at radius 1 is 1.20 bits per heavy atom. The minimum atomic E-state index is -3.79. The van der Waals surface area contributed by atoms with Crippen molar-refractivity contribution in [3.8, 4) is 5.75 Å². The molecule has 162 valence electrons. The lowest BCUT2D eigenvalue weighted by Crippen LogP contribution is -2.36. The van der Waals surface area contributed by atoms with Crippen LogP contribution < -0.4 is 9.46 Å². The van der Waals surface area contributed by atoms with Gasteiger partial charge in [-0.2, -0.15) is 0 Å². The number of likely N-dealkylation sites (tertiary alicyclic amines) is 1. The molecule has 1 unspecified atom stereocenters. The molecule has 1 N–H and O–H groups in total. The SMILES string of the molecule is COc1ccc(C(=O)N2CCCC2CCc2ccccc2)cc1S(=O)(=O)NC(C)C. The Kier molecular flexibility index (Phi) is 7.15. The minimum absolute atomic E-state index is 0.00965. The summed E-state index contributed by atoms with van der Waals surface area (Å²) in [7, 11) is -2.37. The van der Waals surface area contributed by atoms with E-state index in [4.69, 9.17) is 4.74 Å². The third-order valence-electron chi connectivity index (χ3n) is 5.34. The molecule has 2 aromatic carbocycles. The number of ether oxygens (including phenoxy) is 1. The maximum absolute atomic E-state index is 13.2. The second kappa shape index (κ2) is 9.62. The standard InChI is InChI=1S/C23H30N2O4S/c1-17(2)24-30(27,28)22-16-19(12-14-21(22)29-3)23(26)25-15-7-10-20(25)13-11-18-8-5-4-6-9-18/h4-6,8-9,12,14,16-17,20,24H,7,10-11,13,15H2,1-3H3. The van der Waals surface area contributed by atoms with Crippen LogP contribution in [0.4, 0.5) is 0 Å². The highest BCUT2D eigenvalue weighted by Gasteiger charge is 2.30. The van der Waals surface area contributed by atoms with Crippen LogP contribution in [0.3, 0.4) is 0 Å². The molecule has 0 saturated carbocycles. The number of amides is 1. The molecule has 1 fully saturated rings. The molecule has 0 radical (unpaired) electrons. The summed E-state index contributed by atoms with van der Waals surface area (Å²) in [5, 5.41) is 0. The number of benzene rings is 2. The predicted octanol–water partition coefficient (Wildman–Crippen LogP) is 3.62. The van der Waals surface area contributed by atoms with Crippen molar-refractivity contribution >= 4 is 15.9 Å². The Balaban J connectivity index is 1.80. The van der Waals surface area contributed by atoms with Crippen molar-refractivity contribution in [2.24, 2.45) is 0 Å². The van der Waals surface area contributed by atoms with Crippen LogP contribution in [0.15, 0.2) is 53.4 Å². The highest BCUT2D eigenvalue weighted by Crippen LogP contribution is 2.28. The number of nitrogens with zero attached hydrogens (tertiary/aromatic N) is 1. The normalized spacial score (nSPS) is 16.8. The number of carbonyl (C=O) groups is 1. The van der Waals surface area contributed by atoms with Crippen LogP contribution in [0, 0.1) is 0 Å². The van der Waals surface area contributed by atoms with Crippen LogP contribution in [-0.2, 0) is 16.4 Å². The smallest absolute Gasteiger partial charge is 0.254 e. The molecule has 1 aliphatic heterocycles. The highest BCUT2D eigenvalue weighted by molar-refractivity contribution is 7.89. The zero-order valence-electron chi connectivity index (χ0n) is 17.8. The lowest BCUT2D eigenvalue weighted by molar-refractivity contribution is 0.0730. The molecular weight excluding hydrogens is 400 g/mol. The Hall–Kier alpha value is -2.38. The van der Waals surface area contributed by atoms with E-state index in [2.05, 4.69) is 16.9 Å². The van der Waals surface area contributed by atoms with Gasteiger partial charge in [-0.05, 0) is 63.3 Å². The third-order valence-corrected chi connectivity index (χ3v) is 7.02. The van der Waals surface area contributed by atoms with Crippen molar-refractivity contribution in [2.75, 3.05) is 13.7 Å². The molecule has 1 heterocycles. The predicted molar refractivity (Wildman–Crippen MR) is 117 cm³/mol. The number of nitrogens with one attached hydrogen (secondary N) is 1. The molecule has 0 spiro atoms. The third kappa shape index (κ3) is 5.21. The van der Waals surface area contributed by atoms with Gasteiger partial charge in [-0.3, -0.25) is 4.79 Å². The maximum atomic E-state index is 13.2. The zero-order valence-corrected chi connectivity index (χ0v) is 18.6. The Morgan fingerprint density at radius 3 is 2.60 bits per heavy atom. The molecule has 3 rings (SSSR count). The number of hydrogen-bond acceptors (Lipinski definition) is 4. The first-order chi connectivity index (χ1) is 14.3. The number of rotatable bonds is 8. The van der Waals surface area contributed by atoms with E-state index in [1.807, 2.05) is 23.1 Å². The van der Waals surface area contributed by atoms with E-state index in [1.165, 1.54) is 18.7 Å². The van der Waals surface area contributed by atoms with Gasteiger partial charge in [-0.15, -0.1) is 0 Å². The summed E-state index contributed by atoms with van der Waals surface area (Å²) in [4.78, 5) is 15.1. The van der Waals surface area contributed by atoms with Crippen molar-refractivity contribution in [3.05, 3.63) is 59.7 Å². The fraction of sp³-hybridized carbons (Fsp3) is 0.435. The first kappa shape index (κ1) is 22.3. The van der Waals surface area contributed by atoms with Crippen LogP contribution >= 0.6 is 0 Å². The van der Waals surface area contributed by atoms with E-state index in [0.29, 0.717) is 12.1 Å². The van der Waals surface area contributed by atoms with Crippen molar-refractivity contribution in [3.63, 3.8) is 0 Å². The molecule has 1 atom stereocenters. The largest absolute Gasteiger partial charge is 0.495 e. The number of methoxy groups -OCH3 is 1. The Labute approximate surface area is 179 Å². The lowest BCUT2D eigenvalue weighted by atomic mass is 10.0. The summed E-state index contributed by atoms with van der Waals surface area (Å²) in [6.45, 7) is 4.19. The average molecular weight is 431 g/mol. The molecule has 1 amide bonds. The molecule has 6 nitrogen and oxygen atoms in total. The van der Waals surface area contributed by atoms with Crippen LogP contribution in [-0.4, -0.2) is 45.0 Å². The molecule has 2 aromatic rings. The van der Waals surface area contributed by atoms with Gasteiger partial charge in [0, 0.05) is 24.2 Å². The highest BCUT2D eigenvalue weighted by atomic mass is 32.2. The zero-order chi connectivity index (χ0) is 21.7. The van der Waals surface area contributed by atoms with Crippen molar-refractivity contribution in [1.82, 2.24) is 9.62 Å². The molecule has 0 aromatic heterocycles. The van der Waals surface area contributed by atoms with Crippen molar-refractivity contribution in [2.45, 2.75) is 56.5 Å². The average Bonchev–Trinajstić information content (AvgIpc) is 3.19. The van der Waals surface area contributed by atoms with Gasteiger partial charge in [0.2, 0.25) is 10.0 Å². The molecule has 0 aliphatic carbocycles. The number of carbonyl (C=O) groups excluding carboxylic acids is 1. The molecule has 1 saturated heterocycles. The number of hydrogen-bond donors (Lipinski definition) is 1. The number of sulfonamides is 1. The van der Waals surface area contributed by atoms with Gasteiger partial charge in [0.25, 0.3) is 5.91 Å². The summed E-state index contributed by atoms with van der Waals surface area (Å²) in [5.41, 5.74) is 1.63. The number of aryl methyl sites for hydroxylation is 1. The van der Waals surface area contributed by atoms with Crippen molar-refractivity contribution in [1.29, 1.82) is 0 Å². The maximum Gasteiger partial charge on any atom is 0.254 e. The van der Waals surface area contributed by atoms with Gasteiger partial charge in [0.15, 0.2) is 0 Å². The van der Waals surface area contributed by atoms with Gasteiger partial charge >= 0.3 is 0 Å². The summed E-state index contributed by atoms with van der Waals surface area (Å²) >= 11 is 0. The van der Waals surface area contributed by atoms with E-state index in [0.717, 1.165) is 25.7 Å². The first-order valence-electron chi connectivity index (χ1n) is 10.4. The van der Waals surface area contributed by atoms with Crippen molar-refractivity contribution < 1.29 is 17.9 Å². The second-order valence-electron chi connectivity index (χ2n) is 7.96. The Bertz CT molecular complexity index is 974. The van der Waals surface area contributed by atoms with Gasteiger partial charge in [0.1, 0.15) is 10.6 Å². The van der Waals surface area contributed by atoms with Crippen LogP contribution in [0.1, 0.15) is 49.0 Å². The molecule has 0 bridgehead atoms. The molecule has 7 heteroatoms. The first-order valence-corrected chi connectivity index (χ1v) is 11.9. The van der Waals surface area contributed by atoms with E-state index < -0.39 is 10.0 Å². The van der Waals surface area contributed by atoms with Crippen LogP contribution in [0.2, 0.25) is 0 Å². The van der Waals surface area contributed by atoms with Gasteiger partial charge in [-0.25, -0.2) is 13.1 Å². The monoisotopic (exact) mass is 430 g/mol. The molecule has 30 heavy (non-hydrogen) atoms. The van der Waals surface area contributed by atoms with Crippen LogP contribution in [0.25, 0.3) is 0 Å². The quantitative estimate of drug-likeness (QED) is 0.694. The van der Waals surface area contributed by atoms with E-state index in [1.54, 1.807) is 26.0 Å². The summed E-state index contributed by atoms with van der Waals surface area (Å²) < 4.78 is 33.3. The lowest BCUT2D eigenvalue weighted by Gasteiger charge is -2.25. The summed E-state index contributed by atoms with van der Waals surface area (Å²) in [6, 6.07) is 14.8. The van der Waals surface area contributed by atoms with Gasteiger partial charge in [-0.1, -0.05) is 30.3 Å². The second-order valence-corrected chi connectivity index (χ2v) is 9.64. The van der Waals surface area contributed by atoms with Gasteiger partial charge in [0.05, 0.1) is 7.11 Å². The van der Waals surface area contributed by atoms with E-state index in [-0.39, 0.29) is 28.6 Å². The summed E-state index contributed by atoms with van der Waals surface area (Å²) in [6.07, 6.45) is 3.73. The van der Waals surface area contributed by atoms with E-state index in [9.17, 15) is 13.2 Å². The minimum Gasteiger partial charge on any atom is -0.495 e. The summed E-state index contributed by atoms with van der Waals surface area (Å²) in [5.74, 6) is 0.0935. The Morgan fingerprint density at radius 2 is 1.93 bits per heavy atom. The molecule has 1 aliphatic rings. The fourth-order valence-corrected chi connectivity index (χ4v) is 5.39.